The fourth-order valence-electron chi connectivity index (χ4n) is 9.90. The number of aliphatic hydroxyl groups is 1. The van der Waals surface area contributed by atoms with Crippen molar-refractivity contribution in [1.82, 2.24) is 0 Å². The quantitative estimate of drug-likeness (QED) is 0.0169. The molecule has 19 heteroatoms. The summed E-state index contributed by atoms with van der Waals surface area (Å²) in [5.74, 6) is -2.21. The number of unbranched alkanes of at least 4 members (excludes halogenated alkanes) is 33. The second-order valence-electron chi connectivity index (χ2n) is 24.5. The maximum absolute atomic E-state index is 13.0. The van der Waals surface area contributed by atoms with Gasteiger partial charge in [-0.3, -0.25) is 37.3 Å². The van der Waals surface area contributed by atoms with Gasteiger partial charge in [-0.15, -0.1) is 0 Å². The Morgan fingerprint density at radius 2 is 0.576 bits per heavy atom. The van der Waals surface area contributed by atoms with E-state index in [1.807, 2.05) is 0 Å². The number of esters is 4. The first-order chi connectivity index (χ1) is 44.7. The Kier molecular flexibility index (Phi) is 64.0. The minimum absolute atomic E-state index is 0.0889. The van der Waals surface area contributed by atoms with Crippen LogP contribution in [0.15, 0.2) is 60.8 Å². The summed E-state index contributed by atoms with van der Waals surface area (Å²) in [5.41, 5.74) is 0. The summed E-state index contributed by atoms with van der Waals surface area (Å²) in [7, 11) is -9.93. The zero-order valence-corrected chi connectivity index (χ0v) is 60.0. The molecule has 0 fully saturated rings. The maximum atomic E-state index is 13.0. The van der Waals surface area contributed by atoms with Crippen LogP contribution in [0.25, 0.3) is 0 Å². The normalized spacial score (nSPS) is 14.4. The minimum atomic E-state index is -4.97. The highest BCUT2D eigenvalue weighted by molar-refractivity contribution is 7.47. The van der Waals surface area contributed by atoms with Crippen LogP contribution in [0.2, 0.25) is 0 Å². The Bertz CT molecular complexity index is 1990. The number of aliphatic hydroxyl groups excluding tert-OH is 1. The van der Waals surface area contributed by atoms with Gasteiger partial charge in [0.25, 0.3) is 0 Å². The van der Waals surface area contributed by atoms with Crippen LogP contribution in [0.4, 0.5) is 0 Å². The van der Waals surface area contributed by atoms with Crippen LogP contribution < -0.4 is 0 Å². The molecule has 0 aliphatic carbocycles. The van der Waals surface area contributed by atoms with E-state index in [4.69, 9.17) is 37.0 Å². The lowest BCUT2D eigenvalue weighted by molar-refractivity contribution is -0.161. The van der Waals surface area contributed by atoms with Gasteiger partial charge in [-0.1, -0.05) is 275 Å². The number of phosphoric acid groups is 2. The van der Waals surface area contributed by atoms with Crippen molar-refractivity contribution >= 4 is 39.5 Å². The summed E-state index contributed by atoms with van der Waals surface area (Å²) in [4.78, 5) is 72.6. The first-order valence-electron chi connectivity index (χ1n) is 36.5. The summed E-state index contributed by atoms with van der Waals surface area (Å²) < 4.78 is 68.2. The zero-order chi connectivity index (χ0) is 67.5. The maximum Gasteiger partial charge on any atom is 0.472 e. The molecule has 0 amide bonds. The number of carbonyl (C=O) groups is 4. The molecule has 0 aromatic heterocycles. The first-order valence-corrected chi connectivity index (χ1v) is 39.5. The number of hydrogen-bond acceptors (Lipinski definition) is 15. The summed E-state index contributed by atoms with van der Waals surface area (Å²) in [6.45, 7) is 4.69. The fraction of sp³-hybridized carbons (Fsp3) is 0.808. The Labute approximate surface area is 559 Å². The Morgan fingerprint density at radius 1 is 0.315 bits per heavy atom. The molecule has 0 bridgehead atoms. The van der Waals surface area contributed by atoms with Crippen LogP contribution in [0.1, 0.15) is 323 Å². The Balaban J connectivity index is 5.32. The van der Waals surface area contributed by atoms with Gasteiger partial charge in [-0.25, -0.2) is 9.13 Å². The van der Waals surface area contributed by atoms with Gasteiger partial charge >= 0.3 is 39.5 Å². The van der Waals surface area contributed by atoms with E-state index in [1.165, 1.54) is 122 Å². The molecule has 0 heterocycles. The Morgan fingerprint density at radius 3 is 0.935 bits per heavy atom. The van der Waals surface area contributed by atoms with Crippen molar-refractivity contribution in [3.05, 3.63) is 60.8 Å². The first kappa shape index (κ1) is 88.8. The molecule has 0 spiro atoms. The summed E-state index contributed by atoms with van der Waals surface area (Å²) in [5, 5.41) is 10.6. The van der Waals surface area contributed by atoms with Crippen molar-refractivity contribution in [2.45, 2.75) is 341 Å². The predicted octanol–water partition coefficient (Wildman–Crippen LogP) is 20.3. The van der Waals surface area contributed by atoms with Gasteiger partial charge in [0.1, 0.15) is 19.3 Å². The van der Waals surface area contributed by atoms with Crippen molar-refractivity contribution in [3.63, 3.8) is 0 Å². The van der Waals surface area contributed by atoms with E-state index in [1.54, 1.807) is 0 Å². The molecular weight excluding hydrogens is 1210 g/mol. The van der Waals surface area contributed by atoms with Crippen LogP contribution in [0.5, 0.6) is 0 Å². The summed E-state index contributed by atoms with van der Waals surface area (Å²) in [6.07, 6.45) is 62.3. The number of ether oxygens (including phenoxy) is 4. The fourth-order valence-corrected chi connectivity index (χ4v) is 11.5. The lowest BCUT2D eigenvalue weighted by Gasteiger charge is -2.21. The molecule has 0 rings (SSSR count). The SMILES string of the molecule is CC/C=C\C/C=C\C/C=C\C/C=C\CCCCC(=O)OCC(COP(=O)(O)OCC(O)COP(=O)(O)OCC(COC(=O)CCCCCCCCCCCCCCC)OC(=O)CCCCCCC/C=C\CCCC)OC(=O)CCCCCCCCCCCCCCC. The molecule has 536 valence electrons. The van der Waals surface area contributed by atoms with Gasteiger partial charge in [-0.05, 0) is 83.5 Å². The third-order valence-corrected chi connectivity index (χ3v) is 17.4. The lowest BCUT2D eigenvalue weighted by Crippen LogP contribution is -2.30. The number of rotatable bonds is 69. The van der Waals surface area contributed by atoms with Crippen LogP contribution in [0.3, 0.4) is 0 Å². The average molecular weight is 1340 g/mol. The molecule has 17 nitrogen and oxygen atoms in total. The van der Waals surface area contributed by atoms with E-state index in [9.17, 15) is 43.2 Å². The molecular formula is C73H132O17P2. The predicted molar refractivity (Wildman–Crippen MR) is 372 cm³/mol. The van der Waals surface area contributed by atoms with Crippen LogP contribution in [0, 0.1) is 0 Å². The van der Waals surface area contributed by atoms with E-state index >= 15 is 0 Å². The van der Waals surface area contributed by atoms with Gasteiger partial charge in [-0.2, -0.15) is 0 Å². The van der Waals surface area contributed by atoms with E-state index < -0.39 is 97.5 Å². The summed E-state index contributed by atoms with van der Waals surface area (Å²) >= 11 is 0. The van der Waals surface area contributed by atoms with Gasteiger partial charge < -0.3 is 33.8 Å². The van der Waals surface area contributed by atoms with Crippen molar-refractivity contribution in [2.24, 2.45) is 0 Å². The molecule has 5 unspecified atom stereocenters. The highest BCUT2D eigenvalue weighted by atomic mass is 31.2. The highest BCUT2D eigenvalue weighted by Gasteiger charge is 2.30. The van der Waals surface area contributed by atoms with Crippen molar-refractivity contribution < 1.29 is 80.2 Å². The molecule has 0 aliphatic rings. The molecule has 3 N–H and O–H groups in total. The third kappa shape index (κ3) is 65.4. The minimum Gasteiger partial charge on any atom is -0.462 e. The monoisotopic (exact) mass is 1340 g/mol. The van der Waals surface area contributed by atoms with Gasteiger partial charge in [0.05, 0.1) is 26.4 Å². The lowest BCUT2D eigenvalue weighted by atomic mass is 10.0. The largest absolute Gasteiger partial charge is 0.472 e. The van der Waals surface area contributed by atoms with E-state index in [0.717, 1.165) is 122 Å². The van der Waals surface area contributed by atoms with E-state index in [0.29, 0.717) is 25.7 Å². The highest BCUT2D eigenvalue weighted by Crippen LogP contribution is 2.45. The molecule has 0 aromatic carbocycles. The van der Waals surface area contributed by atoms with Crippen molar-refractivity contribution in [1.29, 1.82) is 0 Å². The molecule has 0 saturated carbocycles. The smallest absolute Gasteiger partial charge is 0.462 e. The van der Waals surface area contributed by atoms with Gasteiger partial charge in [0.2, 0.25) is 0 Å². The van der Waals surface area contributed by atoms with E-state index in [2.05, 4.69) is 88.5 Å². The topological polar surface area (TPSA) is 237 Å². The van der Waals surface area contributed by atoms with Crippen LogP contribution >= 0.6 is 15.6 Å². The average Bonchev–Trinajstić information content (AvgIpc) is 2.73. The van der Waals surface area contributed by atoms with Crippen molar-refractivity contribution in [3.8, 4) is 0 Å². The molecule has 0 saturated heterocycles. The van der Waals surface area contributed by atoms with E-state index in [-0.39, 0.29) is 25.7 Å². The van der Waals surface area contributed by atoms with Crippen LogP contribution in [-0.2, 0) is 65.4 Å². The number of carbonyl (C=O) groups excluding carboxylic acids is 4. The molecule has 5 atom stereocenters. The zero-order valence-electron chi connectivity index (χ0n) is 58.2. The molecule has 0 radical (unpaired) electrons. The molecule has 0 aliphatic heterocycles. The number of phosphoric ester groups is 2. The third-order valence-electron chi connectivity index (χ3n) is 15.5. The molecule has 92 heavy (non-hydrogen) atoms. The summed E-state index contributed by atoms with van der Waals surface area (Å²) in [6, 6.07) is 0. The second kappa shape index (κ2) is 66.4. The van der Waals surface area contributed by atoms with Crippen LogP contribution in [-0.4, -0.2) is 96.7 Å². The standard InChI is InChI=1S/C73H132O17P2/c1-5-9-13-17-21-25-29-32-33-36-39-42-46-50-54-58-71(76)84-64-69(90-73(78)60-56-52-48-44-40-35-31-27-23-19-15-11-7-3)66-88-92(81,82)86-62-67(74)61-85-91(79,80)87-65-68(89-72(77)59-55-51-47-43-37-28-24-20-16-12-8-4)63-83-70(75)57-53-49-45-41-38-34-30-26-22-18-14-10-6-2/h9,13,20-21,24-25,32-33,39,42,67-69,74H,5-8,10-12,14-19,22-23,26-31,34-38,40-41,43-66H2,1-4H3,(H,79,80)(H,81,82)/b13-9-,24-20-,25-21-,33-32-,42-39-. The molecule has 0 aromatic rings. The van der Waals surface area contributed by atoms with Gasteiger partial charge in [0.15, 0.2) is 12.2 Å². The van der Waals surface area contributed by atoms with Gasteiger partial charge in [0, 0.05) is 25.7 Å². The number of allylic oxidation sites excluding steroid dienone is 10. The Hall–Kier alpha value is -3.24. The second-order valence-corrected chi connectivity index (χ2v) is 27.4. The number of hydrogen-bond donors (Lipinski definition) is 3. The van der Waals surface area contributed by atoms with Crippen molar-refractivity contribution in [2.75, 3.05) is 39.6 Å².